The molecule has 7 heteroatoms. The minimum absolute atomic E-state index is 0.223. The van der Waals surface area contributed by atoms with Gasteiger partial charge in [0.05, 0.1) is 30.5 Å². The number of benzene rings is 3. The van der Waals surface area contributed by atoms with E-state index in [2.05, 4.69) is 29.4 Å². The van der Waals surface area contributed by atoms with Crippen LogP contribution in [0.25, 0.3) is 22.2 Å². The molecular formula is C29H28ClNO4S. The number of ether oxygens (including phenoxy) is 2. The molecule has 0 amide bonds. The number of halogens is 1. The zero-order valence-corrected chi connectivity index (χ0v) is 21.7. The Morgan fingerprint density at radius 2 is 1.97 bits per heavy atom. The van der Waals surface area contributed by atoms with E-state index in [1.165, 1.54) is 20.0 Å². The molecule has 0 aliphatic heterocycles. The first-order valence-corrected chi connectivity index (χ1v) is 13.6. The highest BCUT2D eigenvalue weighted by Gasteiger charge is 2.26. The first kappa shape index (κ1) is 24.7. The Bertz CT molecular complexity index is 1350. The SMILES string of the molecule is COC(=O)Cc1ccc(SCCCOc2ccc3c(-c4ccccc4)noc3c2CC2CC2)c(Cl)c1. The highest BCUT2D eigenvalue weighted by atomic mass is 35.5. The molecule has 0 bridgehead atoms. The lowest BCUT2D eigenvalue weighted by Crippen LogP contribution is -2.04. The third kappa shape index (κ3) is 5.88. The molecule has 186 valence electrons. The number of esters is 1. The molecule has 1 aliphatic rings. The molecule has 1 fully saturated rings. The zero-order chi connectivity index (χ0) is 24.9. The van der Waals surface area contributed by atoms with Crippen LogP contribution in [0.2, 0.25) is 5.02 Å². The molecule has 36 heavy (non-hydrogen) atoms. The topological polar surface area (TPSA) is 61.6 Å². The highest BCUT2D eigenvalue weighted by Crippen LogP contribution is 2.40. The molecule has 0 spiro atoms. The van der Waals surface area contributed by atoms with E-state index in [1.54, 1.807) is 11.8 Å². The fourth-order valence-corrected chi connectivity index (χ4v) is 5.43. The van der Waals surface area contributed by atoms with Crippen LogP contribution in [0, 0.1) is 5.92 Å². The van der Waals surface area contributed by atoms with Gasteiger partial charge in [-0.2, -0.15) is 0 Å². The van der Waals surface area contributed by atoms with Gasteiger partial charge in [0.2, 0.25) is 0 Å². The van der Waals surface area contributed by atoms with Gasteiger partial charge in [0.15, 0.2) is 5.58 Å². The first-order valence-electron chi connectivity index (χ1n) is 12.2. The second-order valence-electron chi connectivity index (χ2n) is 9.03. The highest BCUT2D eigenvalue weighted by molar-refractivity contribution is 7.99. The summed E-state index contributed by atoms with van der Waals surface area (Å²) >= 11 is 8.11. The van der Waals surface area contributed by atoms with E-state index >= 15 is 0 Å². The van der Waals surface area contributed by atoms with E-state index in [4.69, 9.17) is 25.6 Å². The molecule has 1 aromatic heterocycles. The largest absolute Gasteiger partial charge is 0.493 e. The van der Waals surface area contributed by atoms with Crippen molar-refractivity contribution in [3.63, 3.8) is 0 Å². The van der Waals surface area contributed by atoms with Crippen LogP contribution in [-0.2, 0) is 22.4 Å². The smallest absolute Gasteiger partial charge is 0.309 e. The van der Waals surface area contributed by atoms with Crippen molar-refractivity contribution in [2.75, 3.05) is 19.5 Å². The van der Waals surface area contributed by atoms with Gasteiger partial charge in [-0.15, -0.1) is 11.8 Å². The molecule has 0 radical (unpaired) electrons. The number of aromatic nitrogens is 1. The number of rotatable bonds is 11. The van der Waals surface area contributed by atoms with E-state index in [0.717, 1.165) is 62.6 Å². The monoisotopic (exact) mass is 521 g/mol. The number of methoxy groups -OCH3 is 1. The number of fused-ring (bicyclic) bond motifs is 1. The molecule has 0 N–H and O–H groups in total. The van der Waals surface area contributed by atoms with Gasteiger partial charge in [-0.05, 0) is 61.4 Å². The standard InChI is InChI=1S/C29H28ClNO4S/c1-33-27(32)18-20-10-13-26(24(30)17-20)36-15-5-14-34-25-12-11-22-28(21-6-3-2-4-7-21)31-35-29(22)23(25)16-19-8-9-19/h2-4,6-7,10-13,17,19H,5,8-9,14-16,18H2,1H3. The summed E-state index contributed by atoms with van der Waals surface area (Å²) in [5.41, 5.74) is 4.74. The van der Waals surface area contributed by atoms with Crippen molar-refractivity contribution in [2.45, 2.75) is 37.0 Å². The number of nitrogens with zero attached hydrogens (tertiary/aromatic N) is 1. The molecule has 1 aliphatic carbocycles. The van der Waals surface area contributed by atoms with Gasteiger partial charge in [-0.3, -0.25) is 4.79 Å². The molecule has 0 atom stereocenters. The van der Waals surface area contributed by atoms with E-state index in [-0.39, 0.29) is 12.4 Å². The lowest BCUT2D eigenvalue weighted by atomic mass is 10.0. The average Bonchev–Trinajstić information content (AvgIpc) is 3.61. The molecule has 1 saturated carbocycles. The van der Waals surface area contributed by atoms with Gasteiger partial charge < -0.3 is 14.0 Å². The predicted molar refractivity (Wildman–Crippen MR) is 144 cm³/mol. The quantitative estimate of drug-likeness (QED) is 0.116. The number of carbonyl (C=O) groups is 1. The normalized spacial score (nSPS) is 13.2. The number of carbonyl (C=O) groups excluding carboxylic acids is 1. The fourth-order valence-electron chi connectivity index (χ4n) is 4.22. The molecule has 0 saturated heterocycles. The Hall–Kier alpha value is -2.96. The Balaban J connectivity index is 1.22. The van der Waals surface area contributed by atoms with Crippen molar-refractivity contribution in [1.82, 2.24) is 5.16 Å². The van der Waals surface area contributed by atoms with Crippen LogP contribution < -0.4 is 4.74 Å². The minimum atomic E-state index is -0.274. The fraction of sp³-hybridized carbons (Fsp3) is 0.310. The van der Waals surface area contributed by atoms with Crippen LogP contribution in [0.3, 0.4) is 0 Å². The molecule has 0 unspecified atom stereocenters. The second-order valence-corrected chi connectivity index (χ2v) is 10.6. The van der Waals surface area contributed by atoms with Crippen molar-refractivity contribution in [3.05, 3.63) is 76.8 Å². The summed E-state index contributed by atoms with van der Waals surface area (Å²) < 4.78 is 16.8. The number of hydrogen-bond acceptors (Lipinski definition) is 6. The lowest BCUT2D eigenvalue weighted by molar-refractivity contribution is -0.139. The van der Waals surface area contributed by atoms with Gasteiger partial charge in [0.1, 0.15) is 11.4 Å². The summed E-state index contributed by atoms with van der Waals surface area (Å²) in [4.78, 5) is 12.5. The van der Waals surface area contributed by atoms with Crippen LogP contribution >= 0.6 is 23.4 Å². The van der Waals surface area contributed by atoms with E-state index in [0.29, 0.717) is 17.5 Å². The maximum atomic E-state index is 11.5. The van der Waals surface area contributed by atoms with Gasteiger partial charge in [-0.1, -0.05) is 53.2 Å². The van der Waals surface area contributed by atoms with Crippen LogP contribution in [-0.4, -0.2) is 30.6 Å². The lowest BCUT2D eigenvalue weighted by Gasteiger charge is -2.12. The Morgan fingerprint density at radius 1 is 1.14 bits per heavy atom. The Morgan fingerprint density at radius 3 is 2.72 bits per heavy atom. The van der Waals surface area contributed by atoms with Gasteiger partial charge in [-0.25, -0.2) is 0 Å². The maximum Gasteiger partial charge on any atom is 0.309 e. The Kier molecular flexibility index (Phi) is 7.83. The molecule has 1 heterocycles. The van der Waals surface area contributed by atoms with Crippen LogP contribution in [0.4, 0.5) is 0 Å². The zero-order valence-electron chi connectivity index (χ0n) is 20.2. The second kappa shape index (κ2) is 11.4. The van der Waals surface area contributed by atoms with Gasteiger partial charge in [0.25, 0.3) is 0 Å². The third-order valence-electron chi connectivity index (χ3n) is 6.31. The van der Waals surface area contributed by atoms with E-state index in [9.17, 15) is 4.79 Å². The van der Waals surface area contributed by atoms with Crippen molar-refractivity contribution in [3.8, 4) is 17.0 Å². The van der Waals surface area contributed by atoms with Gasteiger partial charge in [0, 0.05) is 21.8 Å². The predicted octanol–water partition coefficient (Wildman–Crippen LogP) is 7.38. The summed E-state index contributed by atoms with van der Waals surface area (Å²) in [5.74, 6) is 2.18. The van der Waals surface area contributed by atoms with Gasteiger partial charge >= 0.3 is 5.97 Å². The summed E-state index contributed by atoms with van der Waals surface area (Å²) in [6.45, 7) is 0.605. The summed E-state index contributed by atoms with van der Waals surface area (Å²) in [6, 6.07) is 20.0. The molecule has 5 rings (SSSR count). The van der Waals surface area contributed by atoms with Crippen molar-refractivity contribution < 1.29 is 18.8 Å². The average molecular weight is 522 g/mol. The van der Waals surface area contributed by atoms with Crippen LogP contribution in [0.1, 0.15) is 30.4 Å². The van der Waals surface area contributed by atoms with Crippen LogP contribution in [0.15, 0.2) is 70.1 Å². The number of thioether (sulfide) groups is 1. The van der Waals surface area contributed by atoms with E-state index in [1.807, 2.05) is 36.4 Å². The summed E-state index contributed by atoms with van der Waals surface area (Å²) in [6.07, 6.45) is 4.56. The molecule has 3 aromatic carbocycles. The number of hydrogen-bond donors (Lipinski definition) is 0. The van der Waals surface area contributed by atoms with Crippen molar-refractivity contribution >= 4 is 40.3 Å². The molecule has 5 nitrogen and oxygen atoms in total. The summed E-state index contributed by atoms with van der Waals surface area (Å²) in [7, 11) is 1.39. The third-order valence-corrected chi connectivity index (χ3v) is 7.90. The molecular weight excluding hydrogens is 494 g/mol. The van der Waals surface area contributed by atoms with Crippen molar-refractivity contribution in [1.29, 1.82) is 0 Å². The Labute approximate surface area is 220 Å². The first-order chi connectivity index (χ1) is 17.6. The maximum absolute atomic E-state index is 11.5. The molecule has 4 aromatic rings. The van der Waals surface area contributed by atoms with Crippen LogP contribution in [0.5, 0.6) is 5.75 Å². The minimum Gasteiger partial charge on any atom is -0.493 e. The summed E-state index contributed by atoms with van der Waals surface area (Å²) in [5, 5.41) is 6.09. The van der Waals surface area contributed by atoms with E-state index < -0.39 is 0 Å². The van der Waals surface area contributed by atoms with Crippen molar-refractivity contribution in [2.24, 2.45) is 5.92 Å².